The molecule has 0 aromatic carbocycles. The number of aromatic nitrogens is 1. The van der Waals surface area contributed by atoms with Crippen LogP contribution < -0.4 is 0 Å². The smallest absolute Gasteiger partial charge is 0.250 e. The molecule has 66 valence electrons. The molecule has 0 atom stereocenters. The fourth-order valence-electron chi connectivity index (χ4n) is 0.737. The van der Waals surface area contributed by atoms with Gasteiger partial charge in [0.1, 0.15) is 3.70 Å². The third-order valence-electron chi connectivity index (χ3n) is 1.31. The minimum atomic E-state index is -2.44. The van der Waals surface area contributed by atoms with E-state index in [4.69, 9.17) is 0 Å². The second kappa shape index (κ2) is 4.45. The van der Waals surface area contributed by atoms with Crippen LogP contribution in [0.3, 0.4) is 0 Å². The lowest BCUT2D eigenvalue weighted by Crippen LogP contribution is -1.94. The molecule has 0 N–H and O–H groups in total. The molecule has 0 saturated heterocycles. The Morgan fingerprint density at radius 2 is 2.25 bits per heavy atom. The fourth-order valence-corrected chi connectivity index (χ4v) is 1.57. The zero-order chi connectivity index (χ0) is 9.14. The van der Waals surface area contributed by atoms with E-state index < -0.39 is 6.43 Å². The van der Waals surface area contributed by atoms with Gasteiger partial charge in [-0.2, -0.15) is 0 Å². The molecule has 0 saturated carbocycles. The van der Waals surface area contributed by atoms with Gasteiger partial charge in [0.05, 0.1) is 0 Å². The van der Waals surface area contributed by atoms with Gasteiger partial charge in [0.25, 0.3) is 6.43 Å². The molecule has 0 aliphatic rings. The normalized spacial score (nSPS) is 10.8. The minimum absolute atomic E-state index is 0.00699. The molecule has 1 rings (SSSR count). The first kappa shape index (κ1) is 10.3. The van der Waals surface area contributed by atoms with Crippen molar-refractivity contribution in [1.82, 2.24) is 4.98 Å². The van der Waals surface area contributed by atoms with Crippen LogP contribution in [0.4, 0.5) is 8.78 Å². The second-order valence-corrected chi connectivity index (χ2v) is 3.74. The molecule has 0 unspecified atom stereocenters. The Morgan fingerprint density at radius 1 is 1.58 bits per heavy atom. The van der Waals surface area contributed by atoms with Crippen LogP contribution in [0.15, 0.2) is 12.3 Å². The van der Waals surface area contributed by atoms with Crippen LogP contribution >= 0.6 is 38.5 Å². The van der Waals surface area contributed by atoms with Gasteiger partial charge in [-0.25, -0.2) is 13.8 Å². The first-order valence-corrected chi connectivity index (χ1v) is 5.33. The number of hydrogen-bond donors (Lipinski definition) is 0. The summed E-state index contributed by atoms with van der Waals surface area (Å²) in [6.07, 6.45) is -0.856. The highest BCUT2D eigenvalue weighted by Crippen LogP contribution is 2.24. The van der Waals surface area contributed by atoms with Gasteiger partial charge >= 0.3 is 0 Å². The summed E-state index contributed by atoms with van der Waals surface area (Å²) in [5.41, 5.74) is 0.776. The van der Waals surface area contributed by atoms with Crippen molar-refractivity contribution >= 4 is 38.5 Å². The summed E-state index contributed by atoms with van der Waals surface area (Å²) in [6, 6.07) is 1.47. The van der Waals surface area contributed by atoms with Gasteiger partial charge in [0.2, 0.25) is 0 Å². The molecule has 1 nitrogen and oxygen atoms in total. The summed E-state index contributed by atoms with van der Waals surface area (Å²) in [4.78, 5) is 3.85. The fraction of sp³-hybridized carbons (Fsp3) is 0.286. The van der Waals surface area contributed by atoms with Crippen molar-refractivity contribution in [2.75, 3.05) is 0 Å². The van der Waals surface area contributed by atoms with Gasteiger partial charge in [-0.15, -0.1) is 0 Å². The lowest BCUT2D eigenvalue weighted by Gasteiger charge is -2.03. The molecule has 5 heteroatoms. The summed E-state index contributed by atoms with van der Waals surface area (Å²) < 4.78 is 24.9. The predicted molar refractivity (Wildman–Crippen MR) is 54.5 cm³/mol. The Balaban J connectivity index is 3.08. The van der Waals surface area contributed by atoms with Crippen LogP contribution in [0.25, 0.3) is 0 Å². The van der Waals surface area contributed by atoms with Crippen LogP contribution in [-0.2, 0) is 5.33 Å². The highest BCUT2D eigenvalue weighted by molar-refractivity contribution is 14.1. The quantitative estimate of drug-likeness (QED) is 0.453. The second-order valence-electron chi connectivity index (χ2n) is 2.16. The summed E-state index contributed by atoms with van der Waals surface area (Å²) in [5.74, 6) is 0. The van der Waals surface area contributed by atoms with E-state index >= 15 is 0 Å². The highest BCUT2D eigenvalue weighted by Gasteiger charge is 2.12. The third-order valence-corrected chi connectivity index (χ3v) is 2.86. The van der Waals surface area contributed by atoms with Gasteiger partial charge in [-0.1, -0.05) is 15.9 Å². The van der Waals surface area contributed by atoms with Crippen molar-refractivity contribution in [3.63, 3.8) is 0 Å². The van der Waals surface area contributed by atoms with Gasteiger partial charge in [0, 0.05) is 17.1 Å². The maximum absolute atomic E-state index is 12.3. The molecule has 1 aromatic rings. The third kappa shape index (κ3) is 2.35. The van der Waals surface area contributed by atoms with Crippen molar-refractivity contribution in [1.29, 1.82) is 0 Å². The van der Waals surface area contributed by atoms with Crippen molar-refractivity contribution in [3.8, 4) is 0 Å². The summed E-state index contributed by atoms with van der Waals surface area (Å²) in [7, 11) is 0. The summed E-state index contributed by atoms with van der Waals surface area (Å²) in [6.45, 7) is 0. The number of rotatable bonds is 2. The maximum Gasteiger partial charge on any atom is 0.266 e. The van der Waals surface area contributed by atoms with E-state index in [0.717, 1.165) is 5.56 Å². The van der Waals surface area contributed by atoms with Crippen molar-refractivity contribution < 1.29 is 8.78 Å². The lowest BCUT2D eigenvalue weighted by molar-refractivity contribution is 0.150. The van der Waals surface area contributed by atoms with Crippen LogP contribution in [0, 0.1) is 3.70 Å². The number of nitrogens with zero attached hydrogens (tertiary/aromatic N) is 1. The first-order valence-electron chi connectivity index (χ1n) is 3.13. The zero-order valence-corrected chi connectivity index (χ0v) is 9.64. The molecule has 0 aliphatic heterocycles. The minimum Gasteiger partial charge on any atom is -0.250 e. The molecule has 1 heterocycles. The molecule has 1 aromatic heterocycles. The highest BCUT2D eigenvalue weighted by atomic mass is 127. The first-order chi connectivity index (χ1) is 5.65. The monoisotopic (exact) mass is 347 g/mol. The number of alkyl halides is 3. The molecule has 0 amide bonds. The Hall–Kier alpha value is 0.220. The molecular weight excluding hydrogens is 343 g/mol. The Morgan fingerprint density at radius 3 is 2.75 bits per heavy atom. The van der Waals surface area contributed by atoms with Gasteiger partial charge in [0.15, 0.2) is 0 Å². The Bertz CT molecular complexity index is 280. The van der Waals surface area contributed by atoms with E-state index in [9.17, 15) is 8.78 Å². The summed E-state index contributed by atoms with van der Waals surface area (Å²) in [5, 5.41) is 0.552. The average molecular weight is 348 g/mol. The largest absolute Gasteiger partial charge is 0.266 e. The molecular formula is C7H5BrF2IN. The van der Waals surface area contributed by atoms with E-state index in [-0.39, 0.29) is 5.56 Å². The van der Waals surface area contributed by atoms with Crippen LogP contribution in [0.5, 0.6) is 0 Å². The van der Waals surface area contributed by atoms with Crippen molar-refractivity contribution in [2.24, 2.45) is 0 Å². The predicted octanol–water partition coefficient (Wildman–Crippen LogP) is 3.52. The molecule has 0 bridgehead atoms. The standard InChI is InChI=1S/C7H5BrF2IN/c8-2-4-1-5(6(9)10)7(11)12-3-4/h1,3,6H,2H2. The van der Waals surface area contributed by atoms with E-state index in [0.29, 0.717) is 9.03 Å². The molecule has 0 spiro atoms. The summed E-state index contributed by atoms with van der Waals surface area (Å²) >= 11 is 4.98. The van der Waals surface area contributed by atoms with Gasteiger partial charge < -0.3 is 0 Å². The van der Waals surface area contributed by atoms with E-state index in [1.165, 1.54) is 6.07 Å². The van der Waals surface area contributed by atoms with Crippen molar-refractivity contribution in [3.05, 3.63) is 27.1 Å². The van der Waals surface area contributed by atoms with Crippen molar-refractivity contribution in [2.45, 2.75) is 11.8 Å². The molecule has 0 radical (unpaired) electrons. The molecule has 12 heavy (non-hydrogen) atoms. The Kier molecular flexibility index (Phi) is 3.82. The van der Waals surface area contributed by atoms with Gasteiger partial charge in [-0.3, -0.25) is 0 Å². The number of pyridine rings is 1. The maximum atomic E-state index is 12.3. The van der Waals surface area contributed by atoms with Crippen LogP contribution in [0.2, 0.25) is 0 Å². The average Bonchev–Trinajstić information content (AvgIpc) is 2.05. The molecule has 0 aliphatic carbocycles. The van der Waals surface area contributed by atoms with E-state index in [1.807, 2.05) is 0 Å². The van der Waals surface area contributed by atoms with E-state index in [2.05, 4.69) is 20.9 Å². The Labute approximate surface area is 90.8 Å². The SMILES string of the molecule is FC(F)c1cc(CBr)cnc1I. The van der Waals surface area contributed by atoms with Crippen LogP contribution in [0.1, 0.15) is 17.6 Å². The van der Waals surface area contributed by atoms with Gasteiger partial charge in [-0.05, 0) is 34.2 Å². The van der Waals surface area contributed by atoms with Crippen LogP contribution in [-0.4, -0.2) is 4.98 Å². The number of hydrogen-bond acceptors (Lipinski definition) is 1. The molecule has 0 fully saturated rings. The van der Waals surface area contributed by atoms with E-state index in [1.54, 1.807) is 28.8 Å². The topological polar surface area (TPSA) is 12.9 Å². The number of halogens is 4. The zero-order valence-electron chi connectivity index (χ0n) is 5.90. The lowest BCUT2D eigenvalue weighted by atomic mass is 10.2.